The van der Waals surface area contributed by atoms with Gasteiger partial charge in [-0.3, -0.25) is 14.4 Å². The van der Waals surface area contributed by atoms with Gasteiger partial charge in [0.25, 0.3) is 5.91 Å². The molecule has 4 rings (SSSR count). The van der Waals surface area contributed by atoms with Gasteiger partial charge >= 0.3 is 0 Å². The quantitative estimate of drug-likeness (QED) is 0.645. The van der Waals surface area contributed by atoms with Gasteiger partial charge in [0.05, 0.1) is 28.2 Å². The van der Waals surface area contributed by atoms with Gasteiger partial charge < -0.3 is 5.32 Å². The van der Waals surface area contributed by atoms with Crippen LogP contribution in [0.25, 0.3) is 0 Å². The standard InChI is InChI=1S/C21H17ClN2O3/c22-17-12-14(24-20(26)15-8-4-5-9-16(15)21(24)27)10-11-18(17)23-19(25)13-6-2-1-3-7-13/h1-7,10-12,15-16H,8-9H2,(H,23,25)/t15-,16+. The van der Waals surface area contributed by atoms with Crippen molar-refractivity contribution in [1.82, 2.24) is 0 Å². The van der Waals surface area contributed by atoms with Crippen LogP contribution in [0, 0.1) is 11.8 Å². The summed E-state index contributed by atoms with van der Waals surface area (Å²) in [7, 11) is 0. The summed E-state index contributed by atoms with van der Waals surface area (Å²) in [5.74, 6) is -1.24. The number of carbonyl (C=O) groups is 3. The Morgan fingerprint density at radius 2 is 1.59 bits per heavy atom. The predicted octanol–water partition coefficient (Wildman–Crippen LogP) is 4.05. The van der Waals surface area contributed by atoms with Crippen molar-refractivity contribution in [1.29, 1.82) is 0 Å². The number of carbonyl (C=O) groups excluding carboxylic acids is 3. The largest absolute Gasteiger partial charge is 0.321 e. The molecule has 2 aliphatic rings. The number of hydrogen-bond acceptors (Lipinski definition) is 3. The van der Waals surface area contributed by atoms with E-state index in [2.05, 4.69) is 5.32 Å². The summed E-state index contributed by atoms with van der Waals surface area (Å²) in [6, 6.07) is 13.6. The Hall–Kier alpha value is -2.92. The highest BCUT2D eigenvalue weighted by Gasteiger charge is 2.47. The van der Waals surface area contributed by atoms with Crippen molar-refractivity contribution in [2.45, 2.75) is 12.8 Å². The molecule has 1 aliphatic carbocycles. The SMILES string of the molecule is O=C(Nc1ccc(N2C(=O)[C@H]3CC=CC[C@H]3C2=O)cc1Cl)c1ccccc1. The van der Waals surface area contributed by atoms with E-state index in [1.54, 1.807) is 42.5 Å². The molecule has 0 spiro atoms. The van der Waals surface area contributed by atoms with E-state index >= 15 is 0 Å². The van der Waals surface area contributed by atoms with E-state index in [4.69, 9.17) is 11.6 Å². The molecule has 1 saturated heterocycles. The van der Waals surface area contributed by atoms with Crippen LogP contribution in [-0.4, -0.2) is 17.7 Å². The third kappa shape index (κ3) is 3.15. The molecule has 1 fully saturated rings. The maximum absolute atomic E-state index is 12.7. The van der Waals surface area contributed by atoms with Crippen molar-refractivity contribution < 1.29 is 14.4 Å². The average molecular weight is 381 g/mol. The van der Waals surface area contributed by atoms with E-state index in [0.29, 0.717) is 29.8 Å². The minimum Gasteiger partial charge on any atom is -0.321 e. The zero-order valence-corrected chi connectivity index (χ0v) is 15.1. The molecule has 0 bridgehead atoms. The van der Waals surface area contributed by atoms with E-state index < -0.39 is 0 Å². The first kappa shape index (κ1) is 17.5. The Morgan fingerprint density at radius 1 is 0.963 bits per heavy atom. The molecule has 27 heavy (non-hydrogen) atoms. The van der Waals surface area contributed by atoms with E-state index in [1.165, 1.54) is 4.90 Å². The highest BCUT2D eigenvalue weighted by molar-refractivity contribution is 6.34. The third-order valence-corrected chi connectivity index (χ3v) is 5.32. The minimum atomic E-state index is -0.293. The third-order valence-electron chi connectivity index (χ3n) is 5.00. The van der Waals surface area contributed by atoms with Crippen molar-refractivity contribution in [3.05, 3.63) is 71.3 Å². The van der Waals surface area contributed by atoms with Gasteiger partial charge in [-0.2, -0.15) is 0 Å². The Bertz CT molecular complexity index is 929. The van der Waals surface area contributed by atoms with Gasteiger partial charge in [0, 0.05) is 5.56 Å². The summed E-state index contributed by atoms with van der Waals surface area (Å²) in [6.45, 7) is 0. The number of benzene rings is 2. The lowest BCUT2D eigenvalue weighted by Crippen LogP contribution is -2.30. The number of anilines is 2. The number of halogens is 1. The number of hydrogen-bond donors (Lipinski definition) is 1. The molecule has 5 nitrogen and oxygen atoms in total. The summed E-state index contributed by atoms with van der Waals surface area (Å²) in [5.41, 5.74) is 1.37. The number of allylic oxidation sites excluding steroid dienone is 2. The molecule has 136 valence electrons. The molecule has 0 aromatic heterocycles. The topological polar surface area (TPSA) is 66.5 Å². The van der Waals surface area contributed by atoms with Crippen LogP contribution in [0.2, 0.25) is 5.02 Å². The zero-order chi connectivity index (χ0) is 19.0. The number of rotatable bonds is 3. The maximum Gasteiger partial charge on any atom is 0.255 e. The smallest absolute Gasteiger partial charge is 0.255 e. The van der Waals surface area contributed by atoms with Crippen LogP contribution in [0.5, 0.6) is 0 Å². The van der Waals surface area contributed by atoms with Crippen molar-refractivity contribution >= 4 is 40.7 Å². The molecule has 0 radical (unpaired) electrons. The first-order chi connectivity index (χ1) is 13.1. The van der Waals surface area contributed by atoms with Crippen LogP contribution in [0.3, 0.4) is 0 Å². The first-order valence-electron chi connectivity index (χ1n) is 8.75. The van der Waals surface area contributed by atoms with E-state index in [-0.39, 0.29) is 34.6 Å². The van der Waals surface area contributed by atoms with Crippen molar-refractivity contribution in [2.24, 2.45) is 11.8 Å². The average Bonchev–Trinajstić information content (AvgIpc) is 2.95. The van der Waals surface area contributed by atoms with Crippen molar-refractivity contribution in [3.8, 4) is 0 Å². The lowest BCUT2D eigenvalue weighted by Gasteiger charge is -2.16. The summed E-state index contributed by atoms with van der Waals surface area (Å²) in [4.78, 5) is 38.8. The van der Waals surface area contributed by atoms with Crippen molar-refractivity contribution in [3.63, 3.8) is 0 Å². The second kappa shape index (κ2) is 7.00. The molecule has 0 unspecified atom stereocenters. The van der Waals surface area contributed by atoms with Crippen molar-refractivity contribution in [2.75, 3.05) is 10.2 Å². The molecule has 0 saturated carbocycles. The zero-order valence-electron chi connectivity index (χ0n) is 14.4. The monoisotopic (exact) mass is 380 g/mol. The summed E-state index contributed by atoms with van der Waals surface area (Å²) >= 11 is 6.31. The second-order valence-electron chi connectivity index (χ2n) is 6.65. The number of nitrogens with one attached hydrogen (secondary N) is 1. The fraction of sp³-hybridized carbons (Fsp3) is 0.190. The van der Waals surface area contributed by atoms with Crippen LogP contribution in [0.4, 0.5) is 11.4 Å². The Balaban J connectivity index is 1.56. The summed E-state index contributed by atoms with van der Waals surface area (Å²) in [6.07, 6.45) is 5.07. The second-order valence-corrected chi connectivity index (χ2v) is 7.06. The summed E-state index contributed by atoms with van der Waals surface area (Å²) in [5, 5.41) is 3.02. The van der Waals surface area contributed by atoms with E-state index in [1.807, 2.05) is 18.2 Å². The fourth-order valence-electron chi connectivity index (χ4n) is 3.58. The van der Waals surface area contributed by atoms with Gasteiger partial charge in [-0.1, -0.05) is 42.0 Å². The number of imide groups is 1. The molecule has 2 aromatic carbocycles. The van der Waals surface area contributed by atoms with Gasteiger partial charge in [0.2, 0.25) is 11.8 Å². The number of nitrogens with zero attached hydrogens (tertiary/aromatic N) is 1. The number of amides is 3. The highest BCUT2D eigenvalue weighted by Crippen LogP contribution is 2.39. The predicted molar refractivity (Wildman–Crippen MR) is 104 cm³/mol. The molecule has 1 heterocycles. The molecule has 1 N–H and O–H groups in total. The molecule has 6 heteroatoms. The fourth-order valence-corrected chi connectivity index (χ4v) is 3.81. The molecular weight excluding hydrogens is 364 g/mol. The molecular formula is C21H17ClN2O3. The van der Waals surface area contributed by atoms with Gasteiger partial charge in [0.15, 0.2) is 0 Å². The van der Waals surface area contributed by atoms with Gasteiger partial charge in [-0.25, -0.2) is 4.90 Å². The van der Waals surface area contributed by atoms with Crippen LogP contribution >= 0.6 is 11.6 Å². The van der Waals surface area contributed by atoms with Gasteiger partial charge in [-0.15, -0.1) is 0 Å². The van der Waals surface area contributed by atoms with E-state index in [9.17, 15) is 14.4 Å². The van der Waals surface area contributed by atoms with Crippen LogP contribution in [0.1, 0.15) is 23.2 Å². The lowest BCUT2D eigenvalue weighted by atomic mass is 9.85. The highest BCUT2D eigenvalue weighted by atomic mass is 35.5. The lowest BCUT2D eigenvalue weighted by molar-refractivity contribution is -0.122. The molecule has 2 aromatic rings. The number of fused-ring (bicyclic) bond motifs is 1. The summed E-state index contributed by atoms with van der Waals surface area (Å²) < 4.78 is 0. The van der Waals surface area contributed by atoms with Crippen LogP contribution in [0.15, 0.2) is 60.7 Å². The molecule has 2 atom stereocenters. The maximum atomic E-state index is 12.7. The minimum absolute atomic E-state index is 0.188. The van der Waals surface area contributed by atoms with E-state index in [0.717, 1.165) is 0 Å². The van der Waals surface area contributed by atoms with Crippen LogP contribution < -0.4 is 10.2 Å². The Morgan fingerprint density at radius 3 is 2.19 bits per heavy atom. The van der Waals surface area contributed by atoms with Gasteiger partial charge in [-0.05, 0) is 43.2 Å². The molecule has 1 aliphatic heterocycles. The molecule has 3 amide bonds. The Labute approximate surface area is 161 Å². The van der Waals surface area contributed by atoms with Crippen LogP contribution in [-0.2, 0) is 9.59 Å². The first-order valence-corrected chi connectivity index (χ1v) is 9.13. The normalized spacial score (nSPS) is 21.3. The Kier molecular flexibility index (Phi) is 4.54. The van der Waals surface area contributed by atoms with Gasteiger partial charge in [0.1, 0.15) is 0 Å².